The highest BCUT2D eigenvalue weighted by atomic mass is 32.2. The van der Waals surface area contributed by atoms with E-state index in [-0.39, 0.29) is 10.6 Å². The second kappa shape index (κ2) is 8.65. The minimum absolute atomic E-state index is 0.00317. The van der Waals surface area contributed by atoms with Gasteiger partial charge >= 0.3 is 6.03 Å². The summed E-state index contributed by atoms with van der Waals surface area (Å²) in [5.74, 6) is 0. The summed E-state index contributed by atoms with van der Waals surface area (Å²) in [6, 6.07) is 19.9. The molecule has 3 aromatic rings. The number of carbonyl (C=O) groups excluding carboxylic acids is 1. The third kappa shape index (κ3) is 4.57. The molecule has 0 atom stereocenters. The lowest BCUT2D eigenvalue weighted by Gasteiger charge is -2.24. The van der Waals surface area contributed by atoms with Crippen molar-refractivity contribution in [1.82, 2.24) is 4.83 Å². The first-order valence-electron chi connectivity index (χ1n) is 8.85. The van der Waals surface area contributed by atoms with E-state index in [1.165, 1.54) is 36.4 Å². The molecule has 0 aliphatic heterocycles. The van der Waals surface area contributed by atoms with Gasteiger partial charge in [-0.1, -0.05) is 24.3 Å². The SMILES string of the molecule is Cc1c(N)cccc1NC(=O)N(NS(=O)(=O)c1ccccc1)c1ccc(C#N)cc1. The molecule has 0 aliphatic carbocycles. The zero-order chi connectivity index (χ0) is 21.7. The lowest BCUT2D eigenvalue weighted by Crippen LogP contribution is -2.48. The molecule has 0 aromatic heterocycles. The molecule has 9 heteroatoms. The number of carbonyl (C=O) groups is 1. The van der Waals surface area contributed by atoms with Gasteiger partial charge in [0.15, 0.2) is 0 Å². The van der Waals surface area contributed by atoms with E-state index in [0.29, 0.717) is 22.5 Å². The number of sulfonamides is 1. The molecule has 4 N–H and O–H groups in total. The molecule has 0 aliphatic rings. The molecule has 8 nitrogen and oxygen atoms in total. The van der Waals surface area contributed by atoms with Gasteiger partial charge in [-0.05, 0) is 61.0 Å². The minimum Gasteiger partial charge on any atom is -0.398 e. The van der Waals surface area contributed by atoms with Crippen LogP contribution >= 0.6 is 0 Å². The van der Waals surface area contributed by atoms with E-state index < -0.39 is 16.1 Å². The molecule has 0 bridgehead atoms. The predicted octanol–water partition coefficient (Wildman–Crippen LogP) is 3.38. The number of rotatable bonds is 5. The summed E-state index contributed by atoms with van der Waals surface area (Å²) in [6.07, 6.45) is 0. The van der Waals surface area contributed by atoms with Crippen molar-refractivity contribution in [3.8, 4) is 6.07 Å². The second-order valence-electron chi connectivity index (χ2n) is 6.35. The van der Waals surface area contributed by atoms with Gasteiger partial charge in [0.1, 0.15) is 0 Å². The van der Waals surface area contributed by atoms with Crippen LogP contribution in [0.15, 0.2) is 77.7 Å². The van der Waals surface area contributed by atoms with Crippen LogP contribution in [0.1, 0.15) is 11.1 Å². The third-order valence-electron chi connectivity index (χ3n) is 4.34. The molecular weight excluding hydrogens is 402 g/mol. The van der Waals surface area contributed by atoms with E-state index in [4.69, 9.17) is 11.0 Å². The summed E-state index contributed by atoms with van der Waals surface area (Å²) in [7, 11) is -4.05. The fourth-order valence-corrected chi connectivity index (χ4v) is 3.68. The van der Waals surface area contributed by atoms with Crippen molar-refractivity contribution < 1.29 is 13.2 Å². The molecular formula is C21H19N5O3S. The summed E-state index contributed by atoms with van der Waals surface area (Å²) in [5, 5.41) is 12.5. The number of nitrogens with zero attached hydrogens (tertiary/aromatic N) is 2. The van der Waals surface area contributed by atoms with Crippen LogP contribution in [0.5, 0.6) is 0 Å². The number of nitrogens with one attached hydrogen (secondary N) is 2. The van der Waals surface area contributed by atoms with E-state index in [9.17, 15) is 13.2 Å². The molecule has 0 unspecified atom stereocenters. The molecule has 152 valence electrons. The number of hydrazine groups is 1. The monoisotopic (exact) mass is 421 g/mol. The van der Waals surface area contributed by atoms with Crippen molar-refractivity contribution >= 4 is 33.1 Å². The highest BCUT2D eigenvalue weighted by Crippen LogP contribution is 2.22. The van der Waals surface area contributed by atoms with Gasteiger partial charge in [-0.25, -0.2) is 18.2 Å². The zero-order valence-electron chi connectivity index (χ0n) is 16.0. The lowest BCUT2D eigenvalue weighted by molar-refractivity contribution is 0.256. The molecule has 0 fully saturated rings. The number of amides is 2. The van der Waals surface area contributed by atoms with Gasteiger partial charge in [-0.15, -0.1) is 4.83 Å². The fourth-order valence-electron chi connectivity index (χ4n) is 2.63. The van der Waals surface area contributed by atoms with E-state index in [0.717, 1.165) is 5.01 Å². The Bertz CT molecular complexity index is 1200. The lowest BCUT2D eigenvalue weighted by atomic mass is 10.1. The minimum atomic E-state index is -4.05. The number of anilines is 3. The topological polar surface area (TPSA) is 128 Å². The highest BCUT2D eigenvalue weighted by Gasteiger charge is 2.24. The Morgan fingerprint density at radius 2 is 1.67 bits per heavy atom. The maximum Gasteiger partial charge on any atom is 0.341 e. The van der Waals surface area contributed by atoms with Gasteiger partial charge in [0, 0.05) is 11.4 Å². The molecule has 3 aromatic carbocycles. The van der Waals surface area contributed by atoms with Crippen molar-refractivity contribution in [3.05, 3.63) is 83.9 Å². The molecule has 0 heterocycles. The standard InChI is InChI=1S/C21H19N5O3S/c1-15-19(23)8-5-9-20(15)24-21(27)26(17-12-10-16(14-22)11-13-17)25-30(28,29)18-6-3-2-4-7-18/h2-13,25H,23H2,1H3,(H,24,27). The summed E-state index contributed by atoms with van der Waals surface area (Å²) < 4.78 is 25.6. The van der Waals surface area contributed by atoms with Crippen LogP contribution in [0.4, 0.5) is 21.9 Å². The number of hydrogen-bond acceptors (Lipinski definition) is 5. The zero-order valence-corrected chi connectivity index (χ0v) is 16.8. The van der Waals surface area contributed by atoms with E-state index in [1.807, 2.05) is 6.07 Å². The Kier molecular flexibility index (Phi) is 6.01. The molecule has 30 heavy (non-hydrogen) atoms. The number of nitrogens with two attached hydrogens (primary N) is 1. The van der Waals surface area contributed by atoms with Crippen LogP contribution in [0, 0.1) is 18.3 Å². The predicted molar refractivity (Wildman–Crippen MR) is 115 cm³/mol. The van der Waals surface area contributed by atoms with Gasteiger partial charge in [0.25, 0.3) is 10.0 Å². The summed E-state index contributed by atoms with van der Waals surface area (Å²) in [5.41, 5.74) is 8.07. The van der Waals surface area contributed by atoms with Crippen LogP contribution in [0.2, 0.25) is 0 Å². The van der Waals surface area contributed by atoms with Gasteiger partial charge in [0.2, 0.25) is 0 Å². The average molecular weight is 421 g/mol. The first kappa shape index (κ1) is 20.9. The number of benzene rings is 3. The quantitative estimate of drug-likeness (QED) is 0.430. The van der Waals surface area contributed by atoms with Crippen LogP contribution in [-0.2, 0) is 10.0 Å². The summed E-state index contributed by atoms with van der Waals surface area (Å²) in [4.78, 5) is 15.3. The van der Waals surface area contributed by atoms with E-state index in [1.54, 1.807) is 43.3 Å². The van der Waals surface area contributed by atoms with E-state index >= 15 is 0 Å². The van der Waals surface area contributed by atoms with Crippen LogP contribution in [-0.4, -0.2) is 14.4 Å². The summed E-state index contributed by atoms with van der Waals surface area (Å²) >= 11 is 0. The number of nitrogen functional groups attached to an aromatic ring is 1. The van der Waals surface area contributed by atoms with Crippen molar-refractivity contribution in [2.75, 3.05) is 16.1 Å². The maximum absolute atomic E-state index is 13.0. The Balaban J connectivity index is 1.97. The maximum atomic E-state index is 13.0. The molecule has 0 spiro atoms. The van der Waals surface area contributed by atoms with Crippen LogP contribution in [0.25, 0.3) is 0 Å². The van der Waals surface area contributed by atoms with Gasteiger partial charge in [-0.2, -0.15) is 5.26 Å². The van der Waals surface area contributed by atoms with Gasteiger partial charge < -0.3 is 11.1 Å². The van der Waals surface area contributed by atoms with Crippen LogP contribution < -0.4 is 20.9 Å². The Hall–Kier alpha value is -3.87. The Labute approximate surface area is 174 Å². The largest absolute Gasteiger partial charge is 0.398 e. The molecule has 2 amide bonds. The van der Waals surface area contributed by atoms with Gasteiger partial charge in [-0.3, -0.25) is 0 Å². The average Bonchev–Trinajstić information content (AvgIpc) is 2.76. The first-order chi connectivity index (χ1) is 14.3. The van der Waals surface area contributed by atoms with Crippen LogP contribution in [0.3, 0.4) is 0 Å². The summed E-state index contributed by atoms with van der Waals surface area (Å²) in [6.45, 7) is 1.74. The first-order valence-corrected chi connectivity index (χ1v) is 10.3. The van der Waals surface area contributed by atoms with Crippen molar-refractivity contribution in [2.24, 2.45) is 0 Å². The Morgan fingerprint density at radius 3 is 2.30 bits per heavy atom. The second-order valence-corrected chi connectivity index (χ2v) is 8.01. The van der Waals surface area contributed by atoms with Crippen molar-refractivity contribution in [1.29, 1.82) is 5.26 Å². The number of nitriles is 1. The normalized spacial score (nSPS) is 10.8. The molecule has 3 rings (SSSR count). The molecule has 0 radical (unpaired) electrons. The fraction of sp³-hybridized carbons (Fsp3) is 0.0476. The van der Waals surface area contributed by atoms with Gasteiger partial charge in [0.05, 0.1) is 22.2 Å². The smallest absolute Gasteiger partial charge is 0.341 e. The Morgan fingerprint density at radius 1 is 1.00 bits per heavy atom. The van der Waals surface area contributed by atoms with Crippen molar-refractivity contribution in [3.63, 3.8) is 0 Å². The highest BCUT2D eigenvalue weighted by molar-refractivity contribution is 7.89. The molecule has 0 saturated carbocycles. The van der Waals surface area contributed by atoms with Crippen molar-refractivity contribution in [2.45, 2.75) is 11.8 Å². The molecule has 0 saturated heterocycles. The number of urea groups is 1. The van der Waals surface area contributed by atoms with E-state index in [2.05, 4.69) is 10.1 Å². The number of hydrogen-bond donors (Lipinski definition) is 3. The third-order valence-corrected chi connectivity index (χ3v) is 5.66.